The highest BCUT2D eigenvalue weighted by molar-refractivity contribution is 5.78. The van der Waals surface area contributed by atoms with Gasteiger partial charge < -0.3 is 5.32 Å². The van der Waals surface area contributed by atoms with Crippen molar-refractivity contribution in [2.24, 2.45) is 0 Å². The first kappa shape index (κ1) is 10.5. The lowest BCUT2D eigenvalue weighted by molar-refractivity contribution is -0.122. The molecule has 1 N–H and O–H groups in total. The molecule has 1 amide bonds. The zero-order valence-corrected chi connectivity index (χ0v) is 7.86. The van der Waals surface area contributed by atoms with Gasteiger partial charge in [-0.15, -0.1) is 0 Å². The summed E-state index contributed by atoms with van der Waals surface area (Å²) in [4.78, 5) is 13.0. The minimum atomic E-state index is -0.186. The first-order valence-electron chi connectivity index (χ1n) is 4.55. The highest BCUT2D eigenvalue weighted by atomic mass is 16.2. The predicted octanol–water partition coefficient (Wildman–Crippen LogP) is -0.386. The fourth-order valence-electron chi connectivity index (χ4n) is 1.54. The second-order valence-corrected chi connectivity index (χ2v) is 3.19. The summed E-state index contributed by atoms with van der Waals surface area (Å²) in [6.07, 6.45) is 1.80. The third-order valence-electron chi connectivity index (χ3n) is 2.22. The molecule has 0 saturated carbocycles. The number of nitrogens with zero attached hydrogens (tertiary/aromatic N) is 3. The van der Waals surface area contributed by atoms with Gasteiger partial charge in [-0.1, -0.05) is 0 Å². The van der Waals surface area contributed by atoms with E-state index in [-0.39, 0.29) is 25.0 Å². The van der Waals surface area contributed by atoms with Crippen molar-refractivity contribution in [3.8, 4) is 12.1 Å². The van der Waals surface area contributed by atoms with Crippen LogP contribution in [0.2, 0.25) is 0 Å². The molecule has 14 heavy (non-hydrogen) atoms. The molecule has 0 aromatic heterocycles. The van der Waals surface area contributed by atoms with Crippen LogP contribution in [-0.4, -0.2) is 36.5 Å². The number of hydrogen-bond donors (Lipinski definition) is 1. The molecule has 1 saturated heterocycles. The van der Waals surface area contributed by atoms with Crippen LogP contribution < -0.4 is 5.32 Å². The lowest BCUT2D eigenvalue weighted by atomic mass is 10.2. The molecular weight excluding hydrogens is 180 g/mol. The summed E-state index contributed by atoms with van der Waals surface area (Å²) in [5.74, 6) is -0.186. The van der Waals surface area contributed by atoms with Crippen LogP contribution in [0.4, 0.5) is 0 Å². The Labute approximate surface area is 82.9 Å². The Hall–Kier alpha value is -1.59. The number of carbonyl (C=O) groups is 1. The van der Waals surface area contributed by atoms with Gasteiger partial charge in [0, 0.05) is 6.54 Å². The van der Waals surface area contributed by atoms with E-state index in [4.69, 9.17) is 10.5 Å². The van der Waals surface area contributed by atoms with Crippen molar-refractivity contribution >= 4 is 5.91 Å². The van der Waals surface area contributed by atoms with Crippen molar-refractivity contribution in [1.82, 2.24) is 10.2 Å². The van der Waals surface area contributed by atoms with Crippen LogP contribution in [-0.2, 0) is 4.79 Å². The summed E-state index contributed by atoms with van der Waals surface area (Å²) in [5, 5.41) is 19.4. The van der Waals surface area contributed by atoms with Crippen molar-refractivity contribution < 1.29 is 4.79 Å². The molecule has 5 heteroatoms. The van der Waals surface area contributed by atoms with E-state index in [1.807, 2.05) is 11.0 Å². The molecule has 1 unspecified atom stereocenters. The van der Waals surface area contributed by atoms with Crippen LogP contribution in [0.5, 0.6) is 0 Å². The molecule has 1 aliphatic heterocycles. The molecule has 74 valence electrons. The number of likely N-dealkylation sites (tertiary alicyclic amines) is 1. The Kier molecular flexibility index (Phi) is 3.90. The second-order valence-electron chi connectivity index (χ2n) is 3.19. The maximum Gasteiger partial charge on any atom is 0.235 e. The predicted molar refractivity (Wildman–Crippen MR) is 48.8 cm³/mol. The van der Waals surface area contributed by atoms with Crippen molar-refractivity contribution in [2.45, 2.75) is 18.9 Å². The standard InChI is InChI=1S/C9H12N4O/c10-3-4-12-9(14)7-13-5-1-2-8(13)6-11/h8H,1-2,4-5,7H2,(H,12,14). The second kappa shape index (κ2) is 5.21. The number of rotatable bonds is 3. The zero-order chi connectivity index (χ0) is 10.4. The van der Waals surface area contributed by atoms with E-state index in [1.165, 1.54) is 0 Å². The SMILES string of the molecule is N#CCNC(=O)CN1CCCC1C#N. The van der Waals surface area contributed by atoms with E-state index in [0.29, 0.717) is 0 Å². The summed E-state index contributed by atoms with van der Waals surface area (Å²) in [6.45, 7) is 1.04. The molecule has 5 nitrogen and oxygen atoms in total. The molecule has 1 rings (SSSR count). The normalized spacial score (nSPS) is 21.1. The molecular formula is C9H12N4O. The summed E-state index contributed by atoms with van der Waals surface area (Å²) < 4.78 is 0. The summed E-state index contributed by atoms with van der Waals surface area (Å²) >= 11 is 0. The Morgan fingerprint density at radius 3 is 3.00 bits per heavy atom. The molecule has 0 spiro atoms. The Bertz CT molecular complexity index is 288. The highest BCUT2D eigenvalue weighted by Gasteiger charge is 2.25. The smallest absolute Gasteiger partial charge is 0.235 e. The Balaban J connectivity index is 2.33. The molecule has 0 aromatic carbocycles. The van der Waals surface area contributed by atoms with E-state index in [9.17, 15) is 4.79 Å². The van der Waals surface area contributed by atoms with E-state index in [0.717, 1.165) is 19.4 Å². The third-order valence-corrected chi connectivity index (χ3v) is 2.22. The fourth-order valence-corrected chi connectivity index (χ4v) is 1.54. The lowest BCUT2D eigenvalue weighted by Crippen LogP contribution is -2.39. The zero-order valence-electron chi connectivity index (χ0n) is 7.86. The van der Waals surface area contributed by atoms with Gasteiger partial charge in [-0.2, -0.15) is 10.5 Å². The van der Waals surface area contributed by atoms with Gasteiger partial charge in [-0.3, -0.25) is 9.69 Å². The largest absolute Gasteiger partial charge is 0.342 e. The highest BCUT2D eigenvalue weighted by Crippen LogP contribution is 2.15. The fraction of sp³-hybridized carbons (Fsp3) is 0.667. The summed E-state index contributed by atoms with van der Waals surface area (Å²) in [6, 6.07) is 3.85. The first-order valence-corrected chi connectivity index (χ1v) is 4.55. The number of nitriles is 2. The van der Waals surface area contributed by atoms with Crippen LogP contribution in [0.1, 0.15) is 12.8 Å². The average Bonchev–Trinajstić information content (AvgIpc) is 2.62. The molecule has 1 heterocycles. The summed E-state index contributed by atoms with van der Waals surface area (Å²) in [7, 11) is 0. The van der Waals surface area contributed by atoms with Crippen LogP contribution in [0, 0.1) is 22.7 Å². The number of carbonyl (C=O) groups excluding carboxylic acids is 1. The van der Waals surface area contributed by atoms with Crippen molar-refractivity contribution in [1.29, 1.82) is 10.5 Å². The van der Waals surface area contributed by atoms with Gasteiger partial charge in [0.1, 0.15) is 6.54 Å². The first-order chi connectivity index (χ1) is 6.77. The van der Waals surface area contributed by atoms with Crippen LogP contribution in [0.25, 0.3) is 0 Å². The molecule has 0 radical (unpaired) electrons. The van der Waals surface area contributed by atoms with Crippen molar-refractivity contribution in [2.75, 3.05) is 19.6 Å². The van der Waals surface area contributed by atoms with Gasteiger partial charge in [0.05, 0.1) is 24.7 Å². The van der Waals surface area contributed by atoms with E-state index >= 15 is 0 Å². The maximum absolute atomic E-state index is 11.2. The molecule has 0 bridgehead atoms. The minimum absolute atomic E-state index is 0.0316. The van der Waals surface area contributed by atoms with Gasteiger partial charge in [0.15, 0.2) is 0 Å². The van der Waals surface area contributed by atoms with Crippen molar-refractivity contribution in [3.05, 3.63) is 0 Å². The average molecular weight is 192 g/mol. The molecule has 0 aliphatic carbocycles. The topological polar surface area (TPSA) is 79.9 Å². The maximum atomic E-state index is 11.2. The molecule has 1 aliphatic rings. The molecule has 1 fully saturated rings. The van der Waals surface area contributed by atoms with Gasteiger partial charge in [0.25, 0.3) is 0 Å². The summed E-state index contributed by atoms with van der Waals surface area (Å²) in [5.41, 5.74) is 0. The monoisotopic (exact) mass is 192 g/mol. The third kappa shape index (κ3) is 2.72. The van der Waals surface area contributed by atoms with Crippen LogP contribution in [0.3, 0.4) is 0 Å². The Morgan fingerprint density at radius 1 is 1.57 bits per heavy atom. The van der Waals surface area contributed by atoms with Crippen molar-refractivity contribution in [3.63, 3.8) is 0 Å². The number of nitrogens with one attached hydrogen (secondary N) is 1. The quantitative estimate of drug-likeness (QED) is 0.618. The van der Waals surface area contributed by atoms with Gasteiger partial charge in [-0.05, 0) is 12.8 Å². The van der Waals surface area contributed by atoms with Gasteiger partial charge in [0.2, 0.25) is 5.91 Å². The van der Waals surface area contributed by atoms with Gasteiger partial charge in [-0.25, -0.2) is 0 Å². The van der Waals surface area contributed by atoms with Crippen LogP contribution >= 0.6 is 0 Å². The molecule has 0 aromatic rings. The van der Waals surface area contributed by atoms with E-state index < -0.39 is 0 Å². The lowest BCUT2D eigenvalue weighted by Gasteiger charge is -2.17. The minimum Gasteiger partial charge on any atom is -0.342 e. The number of hydrogen-bond acceptors (Lipinski definition) is 4. The van der Waals surface area contributed by atoms with E-state index in [2.05, 4.69) is 11.4 Å². The molecule has 1 atom stereocenters. The van der Waals surface area contributed by atoms with Gasteiger partial charge >= 0.3 is 0 Å². The number of amides is 1. The Morgan fingerprint density at radius 2 is 2.36 bits per heavy atom. The van der Waals surface area contributed by atoms with E-state index in [1.54, 1.807) is 0 Å². The van der Waals surface area contributed by atoms with Crippen LogP contribution in [0.15, 0.2) is 0 Å².